The highest BCUT2D eigenvalue weighted by molar-refractivity contribution is 8.18. The number of carbonyl (C=O) groups is 4. The quantitative estimate of drug-likeness (QED) is 0.535. The molecule has 33 heavy (non-hydrogen) atoms. The molecule has 1 saturated heterocycles. The van der Waals surface area contributed by atoms with Gasteiger partial charge in [0.25, 0.3) is 17.1 Å². The van der Waals surface area contributed by atoms with Crippen LogP contribution in [0.15, 0.2) is 53.4 Å². The number of thioether (sulfide) groups is 1. The molecule has 0 bridgehead atoms. The Kier molecular flexibility index (Phi) is 7.89. The average molecular weight is 467 g/mol. The topological polar surface area (TPSA) is 108 Å². The van der Waals surface area contributed by atoms with Gasteiger partial charge in [0.15, 0.2) is 0 Å². The molecule has 1 heterocycles. The number of urea groups is 1. The van der Waals surface area contributed by atoms with Crippen molar-refractivity contribution in [1.29, 1.82) is 0 Å². The molecule has 3 rings (SSSR count). The molecule has 0 aliphatic carbocycles. The van der Waals surface area contributed by atoms with Gasteiger partial charge in [0, 0.05) is 30.4 Å². The van der Waals surface area contributed by atoms with Crippen molar-refractivity contribution in [2.24, 2.45) is 0 Å². The Bertz CT molecular complexity index is 1080. The lowest BCUT2D eigenvalue weighted by molar-refractivity contribution is -0.122. The van der Waals surface area contributed by atoms with Crippen LogP contribution >= 0.6 is 11.8 Å². The van der Waals surface area contributed by atoms with Crippen molar-refractivity contribution in [3.8, 4) is 0 Å². The van der Waals surface area contributed by atoms with E-state index in [1.807, 2.05) is 45.0 Å². The minimum Gasteiger partial charge on any atom is -0.350 e. The zero-order valence-corrected chi connectivity index (χ0v) is 19.5. The summed E-state index contributed by atoms with van der Waals surface area (Å²) in [7, 11) is 0. The molecule has 3 N–H and O–H groups in total. The molecule has 0 saturated carbocycles. The summed E-state index contributed by atoms with van der Waals surface area (Å²) in [6.45, 7) is 5.90. The van der Waals surface area contributed by atoms with Crippen molar-refractivity contribution in [3.05, 3.63) is 70.1 Å². The molecule has 1 aliphatic heterocycles. The molecule has 0 radical (unpaired) electrons. The van der Waals surface area contributed by atoms with Crippen LogP contribution in [0.2, 0.25) is 0 Å². The van der Waals surface area contributed by atoms with E-state index < -0.39 is 0 Å². The highest BCUT2D eigenvalue weighted by atomic mass is 32.2. The van der Waals surface area contributed by atoms with E-state index in [9.17, 15) is 19.2 Å². The van der Waals surface area contributed by atoms with Gasteiger partial charge in [-0.05, 0) is 68.4 Å². The highest BCUT2D eigenvalue weighted by Crippen LogP contribution is 2.31. The summed E-state index contributed by atoms with van der Waals surface area (Å²) in [5.74, 6) is -0.703. The summed E-state index contributed by atoms with van der Waals surface area (Å²) in [4.78, 5) is 50.4. The van der Waals surface area contributed by atoms with E-state index in [2.05, 4.69) is 16.0 Å². The maximum atomic E-state index is 12.6. The van der Waals surface area contributed by atoms with Gasteiger partial charge >= 0.3 is 6.03 Å². The summed E-state index contributed by atoms with van der Waals surface area (Å²) in [6.07, 6.45) is 1.69. The molecule has 0 atom stereocenters. The minimum absolute atomic E-state index is 0.0111. The monoisotopic (exact) mass is 466 g/mol. The van der Waals surface area contributed by atoms with Gasteiger partial charge in [-0.1, -0.05) is 29.8 Å². The molecule has 172 valence electrons. The van der Waals surface area contributed by atoms with E-state index in [0.717, 1.165) is 27.8 Å². The van der Waals surface area contributed by atoms with E-state index >= 15 is 0 Å². The number of benzene rings is 2. The van der Waals surface area contributed by atoms with Crippen molar-refractivity contribution in [2.75, 3.05) is 18.4 Å². The molecule has 8 nitrogen and oxygen atoms in total. The van der Waals surface area contributed by atoms with Gasteiger partial charge in [0.1, 0.15) is 0 Å². The fourth-order valence-electron chi connectivity index (χ4n) is 3.02. The third kappa shape index (κ3) is 6.69. The van der Waals surface area contributed by atoms with E-state index in [1.165, 1.54) is 0 Å². The minimum atomic E-state index is -0.366. The number of hydrogen-bond acceptors (Lipinski definition) is 5. The molecular weight excluding hydrogens is 440 g/mol. The molecule has 2 aromatic carbocycles. The number of carbonyl (C=O) groups excluding carboxylic acids is 4. The van der Waals surface area contributed by atoms with E-state index in [0.29, 0.717) is 16.2 Å². The van der Waals surface area contributed by atoms with Gasteiger partial charge in [-0.15, -0.1) is 0 Å². The number of anilines is 1. The third-order valence-electron chi connectivity index (χ3n) is 4.69. The van der Waals surface area contributed by atoms with Crippen molar-refractivity contribution >= 4 is 46.6 Å². The van der Waals surface area contributed by atoms with Crippen molar-refractivity contribution < 1.29 is 19.2 Å². The van der Waals surface area contributed by atoms with Gasteiger partial charge in [-0.2, -0.15) is 0 Å². The smallest absolute Gasteiger partial charge is 0.319 e. The van der Waals surface area contributed by atoms with Gasteiger partial charge < -0.3 is 16.0 Å². The summed E-state index contributed by atoms with van der Waals surface area (Å²) < 4.78 is 0. The van der Waals surface area contributed by atoms with Crippen LogP contribution in [0, 0.1) is 6.92 Å². The SMILES string of the molecule is Cc1ccc(C=C2SC(=O)N(CCNC(=O)c3ccc(NC(=O)NC(C)C)cc3)C2=O)cc1. The first kappa shape index (κ1) is 24.1. The van der Waals surface area contributed by atoms with Crippen LogP contribution in [0.25, 0.3) is 6.08 Å². The number of nitrogens with one attached hydrogen (secondary N) is 3. The summed E-state index contributed by atoms with van der Waals surface area (Å²) in [6, 6.07) is 13.8. The number of imide groups is 1. The van der Waals surface area contributed by atoms with E-state index in [4.69, 9.17) is 0 Å². The number of hydrogen-bond donors (Lipinski definition) is 3. The summed E-state index contributed by atoms with van der Waals surface area (Å²) in [5, 5.41) is 7.75. The molecule has 0 unspecified atom stereocenters. The molecule has 1 fully saturated rings. The number of nitrogens with zero attached hydrogens (tertiary/aromatic N) is 1. The van der Waals surface area contributed by atoms with Crippen molar-refractivity contribution in [3.63, 3.8) is 0 Å². The number of aryl methyl sites for hydroxylation is 1. The first-order chi connectivity index (χ1) is 15.7. The molecule has 2 aromatic rings. The first-order valence-electron chi connectivity index (χ1n) is 10.5. The lowest BCUT2D eigenvalue weighted by Gasteiger charge is -2.13. The third-order valence-corrected chi connectivity index (χ3v) is 5.60. The van der Waals surface area contributed by atoms with Crippen LogP contribution < -0.4 is 16.0 Å². The van der Waals surface area contributed by atoms with Gasteiger partial charge in [-0.25, -0.2) is 4.79 Å². The van der Waals surface area contributed by atoms with Crippen LogP contribution in [0.1, 0.15) is 35.3 Å². The predicted octanol–water partition coefficient (Wildman–Crippen LogP) is 3.99. The standard InChI is InChI=1S/C24H26N4O4S/c1-15(2)26-23(31)27-19-10-8-18(9-11-19)21(29)25-12-13-28-22(30)20(33-24(28)32)14-17-6-4-16(3)5-7-17/h4-11,14-15H,12-13H2,1-3H3,(H,25,29)(H2,26,27,31). The Balaban J connectivity index is 1.51. The molecular formula is C24H26N4O4S. The normalized spacial score (nSPS) is 14.7. The van der Waals surface area contributed by atoms with Crippen molar-refractivity contribution in [2.45, 2.75) is 26.8 Å². The average Bonchev–Trinajstić information content (AvgIpc) is 3.02. The Hall–Kier alpha value is -3.59. The van der Waals surface area contributed by atoms with E-state index in [1.54, 1.807) is 30.3 Å². The fraction of sp³-hybridized carbons (Fsp3) is 0.250. The van der Waals surface area contributed by atoms with Crippen LogP contribution in [0.4, 0.5) is 15.3 Å². The number of amides is 5. The second-order valence-corrected chi connectivity index (χ2v) is 8.82. The Morgan fingerprint density at radius 3 is 2.33 bits per heavy atom. The van der Waals surface area contributed by atoms with Crippen LogP contribution in [0.5, 0.6) is 0 Å². The second kappa shape index (κ2) is 10.8. The lowest BCUT2D eigenvalue weighted by Crippen LogP contribution is -2.37. The molecule has 0 spiro atoms. The fourth-order valence-corrected chi connectivity index (χ4v) is 3.89. The largest absolute Gasteiger partial charge is 0.350 e. The second-order valence-electron chi connectivity index (χ2n) is 7.83. The first-order valence-corrected chi connectivity index (χ1v) is 11.3. The maximum absolute atomic E-state index is 12.6. The van der Waals surface area contributed by atoms with Crippen molar-refractivity contribution in [1.82, 2.24) is 15.5 Å². The Morgan fingerprint density at radius 2 is 1.70 bits per heavy atom. The van der Waals surface area contributed by atoms with Crippen LogP contribution in [-0.4, -0.2) is 47.1 Å². The van der Waals surface area contributed by atoms with Gasteiger partial charge in [-0.3, -0.25) is 19.3 Å². The van der Waals surface area contributed by atoms with E-state index in [-0.39, 0.29) is 42.2 Å². The zero-order chi connectivity index (χ0) is 24.0. The molecule has 9 heteroatoms. The summed E-state index contributed by atoms with van der Waals surface area (Å²) in [5.41, 5.74) is 2.92. The van der Waals surface area contributed by atoms with Crippen LogP contribution in [0.3, 0.4) is 0 Å². The maximum Gasteiger partial charge on any atom is 0.319 e. The zero-order valence-electron chi connectivity index (χ0n) is 18.7. The van der Waals surface area contributed by atoms with Gasteiger partial charge in [0.05, 0.1) is 4.91 Å². The summed E-state index contributed by atoms with van der Waals surface area (Å²) >= 11 is 0.892. The Labute approximate surface area is 196 Å². The van der Waals surface area contributed by atoms with Crippen LogP contribution in [-0.2, 0) is 4.79 Å². The lowest BCUT2D eigenvalue weighted by atomic mass is 10.1. The highest BCUT2D eigenvalue weighted by Gasteiger charge is 2.34. The number of rotatable bonds is 7. The molecule has 0 aromatic heterocycles. The molecule has 5 amide bonds. The van der Waals surface area contributed by atoms with Gasteiger partial charge in [0.2, 0.25) is 0 Å². The predicted molar refractivity (Wildman–Crippen MR) is 130 cm³/mol. The molecule has 1 aliphatic rings. The Morgan fingerprint density at radius 1 is 1.03 bits per heavy atom.